The molecule has 1 fully saturated rings. The average molecular weight is 265 g/mol. The van der Waals surface area contributed by atoms with Crippen molar-refractivity contribution in [2.45, 2.75) is 32.2 Å². The van der Waals surface area contributed by atoms with Crippen LogP contribution in [0.25, 0.3) is 0 Å². The minimum atomic E-state index is -0.405. The monoisotopic (exact) mass is 265 g/mol. The summed E-state index contributed by atoms with van der Waals surface area (Å²) in [5, 5.41) is 2.68. The fourth-order valence-corrected chi connectivity index (χ4v) is 2.13. The molecule has 104 valence electrons. The van der Waals surface area contributed by atoms with Crippen molar-refractivity contribution in [3.63, 3.8) is 0 Å². The van der Waals surface area contributed by atoms with Gasteiger partial charge in [-0.15, -0.1) is 0 Å². The third-order valence-electron chi connectivity index (χ3n) is 3.21. The molecule has 0 atom stereocenters. The number of benzene rings is 1. The summed E-state index contributed by atoms with van der Waals surface area (Å²) >= 11 is 0. The van der Waals surface area contributed by atoms with Crippen LogP contribution in [0.15, 0.2) is 18.2 Å². The van der Waals surface area contributed by atoms with E-state index in [4.69, 9.17) is 5.73 Å². The number of nitrogens with zero attached hydrogens (tertiary/aromatic N) is 1. The van der Waals surface area contributed by atoms with Crippen LogP contribution < -0.4 is 11.1 Å². The lowest BCUT2D eigenvalue weighted by molar-refractivity contribution is -0.117. The predicted molar refractivity (Wildman–Crippen MR) is 74.3 cm³/mol. The Morgan fingerprint density at radius 1 is 1.53 bits per heavy atom. The van der Waals surface area contributed by atoms with Crippen LogP contribution in [0.3, 0.4) is 0 Å². The summed E-state index contributed by atoms with van der Waals surface area (Å²) in [5.74, 6) is -0.547. The molecule has 3 N–H and O–H groups in total. The molecule has 5 heteroatoms. The van der Waals surface area contributed by atoms with Gasteiger partial charge in [0.05, 0.1) is 17.9 Å². The van der Waals surface area contributed by atoms with E-state index in [1.54, 1.807) is 0 Å². The molecule has 1 aromatic carbocycles. The highest BCUT2D eigenvalue weighted by Crippen LogP contribution is 2.27. The van der Waals surface area contributed by atoms with Crippen molar-refractivity contribution in [1.29, 1.82) is 0 Å². The smallest absolute Gasteiger partial charge is 0.238 e. The minimum Gasteiger partial charge on any atom is -0.397 e. The number of hydrogen-bond acceptors (Lipinski definition) is 3. The molecule has 19 heavy (non-hydrogen) atoms. The van der Waals surface area contributed by atoms with Crippen molar-refractivity contribution in [3.05, 3.63) is 24.0 Å². The first kappa shape index (κ1) is 13.8. The van der Waals surface area contributed by atoms with Crippen molar-refractivity contribution in [3.8, 4) is 0 Å². The van der Waals surface area contributed by atoms with Crippen LogP contribution in [-0.2, 0) is 4.79 Å². The molecule has 0 bridgehead atoms. The minimum absolute atomic E-state index is 0.141. The van der Waals surface area contributed by atoms with Crippen LogP contribution in [0.1, 0.15) is 26.2 Å². The fourth-order valence-electron chi connectivity index (χ4n) is 2.13. The lowest BCUT2D eigenvalue weighted by Crippen LogP contribution is -2.35. The molecule has 0 aliphatic heterocycles. The molecule has 1 amide bonds. The zero-order valence-corrected chi connectivity index (χ0v) is 11.2. The van der Waals surface area contributed by atoms with Crippen LogP contribution in [-0.4, -0.2) is 29.9 Å². The van der Waals surface area contributed by atoms with Gasteiger partial charge in [-0.1, -0.05) is 6.92 Å². The lowest BCUT2D eigenvalue weighted by Gasteiger charge is -2.20. The number of hydrogen-bond donors (Lipinski definition) is 2. The van der Waals surface area contributed by atoms with Crippen molar-refractivity contribution in [2.24, 2.45) is 0 Å². The highest BCUT2D eigenvalue weighted by Gasteiger charge is 2.29. The zero-order valence-electron chi connectivity index (χ0n) is 11.2. The van der Waals surface area contributed by atoms with Crippen molar-refractivity contribution < 1.29 is 9.18 Å². The third kappa shape index (κ3) is 3.92. The van der Waals surface area contributed by atoms with Crippen molar-refractivity contribution in [2.75, 3.05) is 24.1 Å². The summed E-state index contributed by atoms with van der Waals surface area (Å²) in [6, 6.07) is 4.51. The Morgan fingerprint density at radius 3 is 2.89 bits per heavy atom. The van der Waals surface area contributed by atoms with Gasteiger partial charge in [0.25, 0.3) is 0 Å². The van der Waals surface area contributed by atoms with Crippen LogP contribution in [0.4, 0.5) is 15.8 Å². The van der Waals surface area contributed by atoms with Crippen molar-refractivity contribution >= 4 is 17.3 Å². The highest BCUT2D eigenvalue weighted by atomic mass is 19.1. The number of carbonyl (C=O) groups is 1. The van der Waals surface area contributed by atoms with E-state index < -0.39 is 5.82 Å². The number of nitrogen functional groups attached to an aromatic ring is 1. The molecule has 2 rings (SSSR count). The molecule has 0 unspecified atom stereocenters. The molecule has 0 saturated heterocycles. The largest absolute Gasteiger partial charge is 0.397 e. The standard InChI is InChI=1S/C14H20FN3O/c1-2-7-18(11-4-5-11)9-14(19)17-13-8-10(15)3-6-12(13)16/h3,6,8,11H,2,4-5,7,9,16H2,1H3,(H,17,19). The normalized spacial score (nSPS) is 14.7. The Hall–Kier alpha value is -1.62. The van der Waals surface area contributed by atoms with E-state index in [-0.39, 0.29) is 5.91 Å². The van der Waals surface area contributed by atoms with Crippen LogP contribution in [0, 0.1) is 5.82 Å². The van der Waals surface area contributed by atoms with Gasteiger partial charge >= 0.3 is 0 Å². The topological polar surface area (TPSA) is 58.4 Å². The second-order valence-electron chi connectivity index (χ2n) is 4.98. The number of anilines is 2. The molecule has 0 spiro atoms. The first-order valence-electron chi connectivity index (χ1n) is 6.69. The maximum absolute atomic E-state index is 13.1. The molecule has 0 heterocycles. The Kier molecular flexibility index (Phi) is 4.37. The number of nitrogens with one attached hydrogen (secondary N) is 1. The number of amides is 1. The van der Waals surface area contributed by atoms with Gasteiger partial charge in [-0.25, -0.2) is 4.39 Å². The Bertz CT molecular complexity index is 460. The maximum Gasteiger partial charge on any atom is 0.238 e. The van der Waals surface area contributed by atoms with Crippen LogP contribution in [0.5, 0.6) is 0 Å². The first-order valence-corrected chi connectivity index (χ1v) is 6.69. The van der Waals surface area contributed by atoms with E-state index in [0.717, 1.165) is 25.8 Å². The quantitative estimate of drug-likeness (QED) is 0.775. The Morgan fingerprint density at radius 2 is 2.26 bits per heavy atom. The fraction of sp³-hybridized carbons (Fsp3) is 0.500. The SMILES string of the molecule is CCCN(CC(=O)Nc1cc(F)ccc1N)C1CC1. The predicted octanol–water partition coefficient (Wildman–Crippen LogP) is 2.22. The number of rotatable bonds is 6. The summed E-state index contributed by atoms with van der Waals surface area (Å²) < 4.78 is 13.1. The van der Waals surface area contributed by atoms with Gasteiger partial charge in [0.15, 0.2) is 0 Å². The average Bonchev–Trinajstić information content (AvgIpc) is 3.17. The van der Waals surface area contributed by atoms with Gasteiger partial charge in [0.1, 0.15) is 5.82 Å². The third-order valence-corrected chi connectivity index (χ3v) is 3.21. The summed E-state index contributed by atoms with van der Waals surface area (Å²) in [5.41, 5.74) is 6.43. The van der Waals surface area contributed by atoms with Gasteiger partial charge in [-0.2, -0.15) is 0 Å². The van der Waals surface area contributed by atoms with E-state index in [9.17, 15) is 9.18 Å². The summed E-state index contributed by atoms with van der Waals surface area (Å²) in [6.45, 7) is 3.35. The van der Waals surface area contributed by atoms with E-state index in [1.807, 2.05) is 0 Å². The number of nitrogens with two attached hydrogens (primary N) is 1. The summed E-state index contributed by atoms with van der Waals surface area (Å²) in [6.07, 6.45) is 3.34. The van der Waals surface area contributed by atoms with E-state index >= 15 is 0 Å². The van der Waals surface area contributed by atoms with E-state index in [0.29, 0.717) is 24.0 Å². The Labute approximate surface area is 112 Å². The first-order chi connectivity index (χ1) is 9.10. The van der Waals surface area contributed by atoms with E-state index in [1.165, 1.54) is 18.2 Å². The molecule has 0 aromatic heterocycles. The van der Waals surface area contributed by atoms with Crippen LogP contribution >= 0.6 is 0 Å². The zero-order chi connectivity index (χ0) is 13.8. The molecule has 1 saturated carbocycles. The van der Waals surface area contributed by atoms with Gasteiger partial charge in [-0.3, -0.25) is 9.69 Å². The molecule has 1 aliphatic rings. The van der Waals surface area contributed by atoms with Gasteiger partial charge in [0.2, 0.25) is 5.91 Å². The van der Waals surface area contributed by atoms with Gasteiger partial charge < -0.3 is 11.1 Å². The van der Waals surface area contributed by atoms with Crippen LogP contribution in [0.2, 0.25) is 0 Å². The molecular formula is C14H20FN3O. The summed E-state index contributed by atoms with van der Waals surface area (Å²) in [7, 11) is 0. The second-order valence-corrected chi connectivity index (χ2v) is 4.98. The summed E-state index contributed by atoms with van der Waals surface area (Å²) in [4.78, 5) is 14.1. The highest BCUT2D eigenvalue weighted by molar-refractivity contribution is 5.95. The molecule has 4 nitrogen and oxygen atoms in total. The number of carbonyl (C=O) groups excluding carboxylic acids is 1. The second kappa shape index (κ2) is 6.02. The Balaban J connectivity index is 1.94. The van der Waals surface area contributed by atoms with Gasteiger partial charge in [0, 0.05) is 6.04 Å². The van der Waals surface area contributed by atoms with E-state index in [2.05, 4.69) is 17.1 Å². The molecule has 1 aromatic rings. The lowest BCUT2D eigenvalue weighted by atomic mass is 10.2. The van der Waals surface area contributed by atoms with Crippen molar-refractivity contribution in [1.82, 2.24) is 4.90 Å². The molecular weight excluding hydrogens is 245 g/mol. The molecule has 1 aliphatic carbocycles. The number of halogens is 1. The maximum atomic E-state index is 13.1. The van der Waals surface area contributed by atoms with Gasteiger partial charge in [-0.05, 0) is 44.0 Å². The molecule has 0 radical (unpaired) electrons.